The highest BCUT2D eigenvalue weighted by atomic mass is 16.2. The van der Waals surface area contributed by atoms with E-state index in [1.165, 1.54) is 81.4 Å². The molecule has 2 aromatic heterocycles. The summed E-state index contributed by atoms with van der Waals surface area (Å²) in [6, 6.07) is 0. The first-order chi connectivity index (χ1) is 15.5. The number of nitrogens with two attached hydrogens (primary N) is 2. The van der Waals surface area contributed by atoms with Gasteiger partial charge in [-0.05, 0) is 6.42 Å². The Balaban J connectivity index is 1.65. The Bertz CT molecular complexity index is 903. The Labute approximate surface area is 190 Å². The van der Waals surface area contributed by atoms with Crippen LogP contribution in [-0.2, 0) is 6.54 Å². The van der Waals surface area contributed by atoms with Crippen molar-refractivity contribution >= 4 is 11.9 Å². The number of aryl methyl sites for hydroxylation is 1. The zero-order chi connectivity index (χ0) is 23.2. The van der Waals surface area contributed by atoms with Crippen LogP contribution in [0.25, 0.3) is 11.4 Å². The Morgan fingerprint density at radius 2 is 1.22 bits per heavy atom. The minimum absolute atomic E-state index is 0.0611. The molecule has 2 rings (SSSR count). The molecule has 0 radical (unpaired) electrons. The Kier molecular flexibility index (Phi) is 11.5. The van der Waals surface area contributed by atoms with Gasteiger partial charge in [0.1, 0.15) is 5.56 Å². The number of nitrogen functional groups attached to an aromatic ring is 2. The number of hydrogen-bond acceptors (Lipinski definition) is 7. The van der Waals surface area contributed by atoms with Gasteiger partial charge in [0.05, 0.1) is 0 Å². The quantitative estimate of drug-likeness (QED) is 0.331. The van der Waals surface area contributed by atoms with E-state index >= 15 is 0 Å². The summed E-state index contributed by atoms with van der Waals surface area (Å²) in [5.74, 6) is -0.0841. The van der Waals surface area contributed by atoms with Gasteiger partial charge < -0.3 is 11.5 Å². The highest BCUT2D eigenvalue weighted by Gasteiger charge is 2.12. The predicted molar refractivity (Wildman–Crippen MR) is 129 cm³/mol. The van der Waals surface area contributed by atoms with E-state index < -0.39 is 11.2 Å². The number of hydrogen-bond donors (Lipinski definition) is 3. The van der Waals surface area contributed by atoms with Crippen molar-refractivity contribution in [3.63, 3.8) is 0 Å². The third-order valence-corrected chi connectivity index (χ3v) is 5.67. The van der Waals surface area contributed by atoms with Gasteiger partial charge in [-0.1, -0.05) is 90.4 Å². The van der Waals surface area contributed by atoms with E-state index in [2.05, 4.69) is 26.9 Å². The second kappa shape index (κ2) is 14.4. The van der Waals surface area contributed by atoms with Crippen LogP contribution in [-0.4, -0.2) is 24.5 Å². The molecular weight excluding hydrogens is 406 g/mol. The highest BCUT2D eigenvalue weighted by molar-refractivity contribution is 5.54. The number of nitrogens with one attached hydrogen (secondary N) is 1. The third-order valence-electron chi connectivity index (χ3n) is 5.67. The van der Waals surface area contributed by atoms with Crippen molar-refractivity contribution in [1.82, 2.24) is 24.5 Å². The van der Waals surface area contributed by atoms with E-state index in [1.54, 1.807) is 0 Å². The maximum atomic E-state index is 12.2. The number of aromatic amines is 1. The lowest BCUT2D eigenvalue weighted by Crippen LogP contribution is -2.31. The summed E-state index contributed by atoms with van der Waals surface area (Å²) in [5.41, 5.74) is 10.3. The molecule has 0 aliphatic heterocycles. The number of nitrogens with zero attached hydrogens (tertiary/aromatic N) is 4. The zero-order valence-electron chi connectivity index (χ0n) is 19.4. The van der Waals surface area contributed by atoms with Gasteiger partial charge in [0.2, 0.25) is 11.9 Å². The SMILES string of the molecule is CCCCCCCCCCCCCCCCn1cc(-c2nc(N)nc(N)n2)c(=O)[nH]c1=O. The number of rotatable bonds is 16. The summed E-state index contributed by atoms with van der Waals surface area (Å²) in [4.78, 5) is 38.2. The summed E-state index contributed by atoms with van der Waals surface area (Å²) in [6.07, 6.45) is 19.3. The van der Waals surface area contributed by atoms with Crippen molar-refractivity contribution in [1.29, 1.82) is 0 Å². The van der Waals surface area contributed by atoms with E-state index in [4.69, 9.17) is 11.5 Å². The first-order valence-electron chi connectivity index (χ1n) is 12.1. The fourth-order valence-electron chi connectivity index (χ4n) is 3.84. The molecule has 178 valence electrons. The minimum Gasteiger partial charge on any atom is -0.368 e. The van der Waals surface area contributed by atoms with Crippen molar-refractivity contribution < 1.29 is 0 Å². The number of aromatic nitrogens is 5. The van der Waals surface area contributed by atoms with Crippen LogP contribution in [0.5, 0.6) is 0 Å². The van der Waals surface area contributed by atoms with Crippen LogP contribution < -0.4 is 22.7 Å². The van der Waals surface area contributed by atoms with E-state index in [0.717, 1.165) is 19.3 Å². The molecule has 0 saturated heterocycles. The molecule has 0 saturated carbocycles. The standard InChI is InChI=1S/C23H39N7O2/c1-2-3-4-5-6-7-8-9-10-11-12-13-14-15-16-30-17-18(20(31)28-23(30)32)19-26-21(24)29-22(25)27-19/h17H,2-16H2,1H3,(H,28,31,32)(H4,24,25,26,27,29). The van der Waals surface area contributed by atoms with Crippen LogP contribution in [0.3, 0.4) is 0 Å². The van der Waals surface area contributed by atoms with Crippen LogP contribution >= 0.6 is 0 Å². The maximum absolute atomic E-state index is 12.2. The molecule has 2 aromatic rings. The van der Waals surface area contributed by atoms with Gasteiger partial charge in [-0.15, -0.1) is 0 Å². The number of H-pyrrole nitrogens is 1. The van der Waals surface area contributed by atoms with Gasteiger partial charge in [-0.25, -0.2) is 4.79 Å². The largest absolute Gasteiger partial charge is 0.368 e. The first kappa shape index (κ1) is 25.5. The fraction of sp³-hybridized carbons (Fsp3) is 0.696. The molecule has 9 nitrogen and oxygen atoms in total. The van der Waals surface area contributed by atoms with Crippen molar-refractivity contribution in [3.8, 4) is 11.4 Å². The molecule has 0 fully saturated rings. The van der Waals surface area contributed by atoms with E-state index in [1.807, 2.05) is 0 Å². The highest BCUT2D eigenvalue weighted by Crippen LogP contribution is 2.14. The zero-order valence-corrected chi connectivity index (χ0v) is 19.4. The van der Waals surface area contributed by atoms with E-state index in [9.17, 15) is 9.59 Å². The molecule has 32 heavy (non-hydrogen) atoms. The molecule has 0 bridgehead atoms. The Morgan fingerprint density at radius 3 is 1.72 bits per heavy atom. The van der Waals surface area contributed by atoms with Crippen LogP contribution in [0.15, 0.2) is 15.8 Å². The molecule has 0 spiro atoms. The van der Waals surface area contributed by atoms with Crippen LogP contribution in [0.1, 0.15) is 96.8 Å². The summed E-state index contributed by atoms with van der Waals surface area (Å²) in [7, 11) is 0. The normalized spacial score (nSPS) is 11.2. The smallest absolute Gasteiger partial charge is 0.328 e. The van der Waals surface area contributed by atoms with Crippen molar-refractivity contribution in [2.24, 2.45) is 0 Å². The Morgan fingerprint density at radius 1 is 0.750 bits per heavy atom. The number of anilines is 2. The number of unbranched alkanes of at least 4 members (excludes halogenated alkanes) is 13. The second-order valence-electron chi connectivity index (χ2n) is 8.47. The van der Waals surface area contributed by atoms with Gasteiger partial charge in [0.15, 0.2) is 5.82 Å². The molecule has 0 amide bonds. The first-order valence-corrected chi connectivity index (χ1v) is 12.1. The average molecular weight is 446 g/mol. The molecule has 0 aliphatic carbocycles. The third kappa shape index (κ3) is 9.20. The minimum atomic E-state index is -0.572. The molecule has 2 heterocycles. The molecule has 0 atom stereocenters. The van der Waals surface area contributed by atoms with Gasteiger partial charge in [0.25, 0.3) is 5.56 Å². The van der Waals surface area contributed by atoms with E-state index in [0.29, 0.717) is 6.54 Å². The lowest BCUT2D eigenvalue weighted by molar-refractivity contribution is 0.518. The molecule has 0 unspecified atom stereocenters. The van der Waals surface area contributed by atoms with Crippen molar-refractivity contribution in [2.75, 3.05) is 11.5 Å². The van der Waals surface area contributed by atoms with Gasteiger partial charge in [-0.3, -0.25) is 14.3 Å². The van der Waals surface area contributed by atoms with Gasteiger partial charge in [0, 0.05) is 12.7 Å². The predicted octanol–water partition coefficient (Wildman–Crippen LogP) is 4.03. The summed E-state index contributed by atoms with van der Waals surface area (Å²) < 4.78 is 1.48. The fourth-order valence-corrected chi connectivity index (χ4v) is 3.84. The molecule has 0 aliphatic rings. The van der Waals surface area contributed by atoms with Gasteiger partial charge >= 0.3 is 5.69 Å². The molecular formula is C23H39N7O2. The molecule has 9 heteroatoms. The maximum Gasteiger partial charge on any atom is 0.328 e. The second-order valence-corrected chi connectivity index (χ2v) is 8.47. The van der Waals surface area contributed by atoms with Crippen LogP contribution in [0.2, 0.25) is 0 Å². The van der Waals surface area contributed by atoms with Crippen LogP contribution in [0.4, 0.5) is 11.9 Å². The topological polar surface area (TPSA) is 146 Å². The van der Waals surface area contributed by atoms with Crippen molar-refractivity contribution in [3.05, 3.63) is 27.0 Å². The summed E-state index contributed by atoms with van der Waals surface area (Å²) >= 11 is 0. The molecule has 5 N–H and O–H groups in total. The Hall–Kier alpha value is -2.71. The van der Waals surface area contributed by atoms with Gasteiger partial charge in [-0.2, -0.15) is 15.0 Å². The lowest BCUT2D eigenvalue weighted by atomic mass is 10.0. The van der Waals surface area contributed by atoms with Crippen molar-refractivity contribution in [2.45, 2.75) is 103 Å². The average Bonchev–Trinajstić information content (AvgIpc) is 2.74. The summed E-state index contributed by atoms with van der Waals surface area (Å²) in [6.45, 7) is 2.78. The van der Waals surface area contributed by atoms with E-state index in [-0.39, 0.29) is 23.3 Å². The molecule has 0 aromatic carbocycles. The lowest BCUT2D eigenvalue weighted by Gasteiger charge is -2.08. The van der Waals surface area contributed by atoms with Crippen LogP contribution in [0, 0.1) is 0 Å². The monoisotopic (exact) mass is 445 g/mol. The summed E-state index contributed by atoms with van der Waals surface area (Å²) in [5, 5.41) is 0.